The maximum Gasteiger partial charge on any atom is 0.483 e. The van der Waals surface area contributed by atoms with Crippen molar-refractivity contribution < 1.29 is 72.1 Å². The summed E-state index contributed by atoms with van der Waals surface area (Å²) in [6.45, 7) is -2.00. The number of nitrogens with one attached hydrogen (secondary N) is 1. The molecule has 4 heterocycles. The molecule has 2 unspecified atom stereocenters. The number of ether oxygens (including phenoxy) is 2. The Kier molecular flexibility index (Phi) is 8.39. The van der Waals surface area contributed by atoms with Gasteiger partial charge in [0.05, 0.1) is 19.5 Å². The number of rotatable bonds is 9. The molecular weight excluding hydrogens is 580 g/mol. The Morgan fingerprint density at radius 3 is 2.44 bits per heavy atom. The van der Waals surface area contributed by atoms with Crippen molar-refractivity contribution in [1.82, 2.24) is 19.5 Å². The molecular formula is C16H23N5O16P2. The average molecular weight is 603 g/mol. The summed E-state index contributed by atoms with van der Waals surface area (Å²) in [5.41, 5.74) is 4.53. The summed E-state index contributed by atoms with van der Waals surface area (Å²) in [7, 11) is -11.1. The van der Waals surface area contributed by atoms with E-state index in [0.29, 0.717) is 0 Å². The van der Waals surface area contributed by atoms with Gasteiger partial charge in [0, 0.05) is 0 Å². The zero-order chi connectivity index (χ0) is 28.9. The monoisotopic (exact) mass is 603 g/mol. The van der Waals surface area contributed by atoms with Crippen LogP contribution in [0.25, 0.3) is 11.2 Å². The predicted molar refractivity (Wildman–Crippen MR) is 119 cm³/mol. The molecule has 21 nitrogen and oxygen atoms in total. The molecule has 2 fully saturated rings. The fourth-order valence-corrected chi connectivity index (χ4v) is 5.89. The van der Waals surface area contributed by atoms with Gasteiger partial charge < -0.3 is 50.5 Å². The number of aliphatic hydroxyl groups excluding tert-OH is 5. The molecule has 10 atom stereocenters. The van der Waals surface area contributed by atoms with Crippen molar-refractivity contribution in [3.05, 3.63) is 16.7 Å². The van der Waals surface area contributed by atoms with Crippen LogP contribution >= 0.6 is 15.6 Å². The van der Waals surface area contributed by atoms with Gasteiger partial charge in [0.1, 0.15) is 36.6 Å². The minimum absolute atomic E-state index is 0.119. The van der Waals surface area contributed by atoms with Gasteiger partial charge in [-0.25, -0.2) is 14.1 Å². The predicted octanol–water partition coefficient (Wildman–Crippen LogP) is -4.42. The van der Waals surface area contributed by atoms with E-state index in [-0.39, 0.29) is 17.1 Å². The van der Waals surface area contributed by atoms with Crippen LogP contribution in [0.4, 0.5) is 5.95 Å². The van der Waals surface area contributed by atoms with Crippen LogP contribution in [0.15, 0.2) is 11.1 Å². The molecule has 2 aromatic heterocycles. The van der Waals surface area contributed by atoms with Crippen molar-refractivity contribution >= 4 is 38.5 Å². The lowest BCUT2D eigenvalue weighted by atomic mass is 10.0. The van der Waals surface area contributed by atoms with E-state index in [2.05, 4.69) is 28.3 Å². The van der Waals surface area contributed by atoms with Gasteiger partial charge in [-0.3, -0.25) is 28.2 Å². The molecule has 0 spiro atoms. The standard InChI is InChI=1S/C16H23N5O16P2/c17-16-19-12-6(13(28)20-16)18-3-21(12)14-10(26)8(24)5(34-14)2-33-38(29,30)37-39(31,32)36-15-11(27)9(25)7(23)4(1-22)35-15/h3-5,8-11,14-15,22,24-27H,1-2H2,(H,29,30)(H,31,32)(H3,17,19,20,28)/t4-,5+,8+,9+,10+,11-,14+,15+/m0/s1. The number of H-pyrrole nitrogens is 1. The second kappa shape index (κ2) is 11.0. The maximum atomic E-state index is 12.3. The van der Waals surface area contributed by atoms with Gasteiger partial charge in [0.15, 0.2) is 29.5 Å². The molecule has 39 heavy (non-hydrogen) atoms. The Morgan fingerprint density at radius 2 is 1.77 bits per heavy atom. The molecule has 0 bridgehead atoms. The third kappa shape index (κ3) is 6.11. The molecule has 0 aliphatic carbocycles. The molecule has 218 valence electrons. The van der Waals surface area contributed by atoms with Gasteiger partial charge in [-0.15, -0.1) is 0 Å². The van der Waals surface area contributed by atoms with E-state index >= 15 is 0 Å². The van der Waals surface area contributed by atoms with Gasteiger partial charge in [-0.2, -0.15) is 9.29 Å². The summed E-state index contributed by atoms with van der Waals surface area (Å²) in [6.07, 6.45) is -13.8. The Balaban J connectivity index is 1.40. The highest BCUT2D eigenvalue weighted by Crippen LogP contribution is 2.61. The quantitative estimate of drug-likeness (QED) is 0.122. The normalized spacial score (nSPS) is 34.7. The van der Waals surface area contributed by atoms with Gasteiger partial charge in [-0.05, 0) is 0 Å². The summed E-state index contributed by atoms with van der Waals surface area (Å²) < 4.78 is 48.9. The van der Waals surface area contributed by atoms with Crippen molar-refractivity contribution in [2.24, 2.45) is 0 Å². The Labute approximate surface area is 215 Å². The van der Waals surface area contributed by atoms with Crippen LogP contribution in [0.5, 0.6) is 0 Å². The fourth-order valence-electron chi connectivity index (χ4n) is 3.74. The Hall–Kier alpha value is -2.20. The van der Waals surface area contributed by atoms with Gasteiger partial charge >= 0.3 is 15.6 Å². The van der Waals surface area contributed by atoms with Crippen LogP contribution in [0.3, 0.4) is 0 Å². The first-order chi connectivity index (χ1) is 18.1. The highest BCUT2D eigenvalue weighted by Gasteiger charge is 2.49. The number of imidazole rings is 1. The number of nitrogen functional groups attached to an aromatic ring is 1. The van der Waals surface area contributed by atoms with Crippen LogP contribution in [-0.4, -0.2) is 117 Å². The molecule has 23 heteroatoms. The highest BCUT2D eigenvalue weighted by atomic mass is 31.3. The molecule has 2 aliphatic rings. The smallest absolute Gasteiger partial charge is 0.393 e. The number of ketones is 1. The van der Waals surface area contributed by atoms with Crippen molar-refractivity contribution in [2.75, 3.05) is 18.9 Å². The number of carbonyl (C=O) groups excluding carboxylic acids is 1. The van der Waals surface area contributed by atoms with E-state index in [0.717, 1.165) is 10.9 Å². The number of aliphatic hydroxyl groups is 5. The molecule has 0 amide bonds. The maximum absolute atomic E-state index is 12.3. The molecule has 2 aromatic rings. The number of hydrogen-bond donors (Lipinski definition) is 9. The largest absolute Gasteiger partial charge is 0.483 e. The number of Topliss-reactive ketones (excluding diaryl/α,β-unsaturated/α-hetero) is 1. The number of aromatic amines is 1. The topological polar surface area (TPSA) is 329 Å². The molecule has 0 saturated carbocycles. The average Bonchev–Trinajstić information content (AvgIpc) is 3.38. The number of phosphoric acid groups is 2. The lowest BCUT2D eigenvalue weighted by Crippen LogP contribution is -2.56. The molecule has 0 aromatic carbocycles. The number of phosphoric ester groups is 2. The zero-order valence-corrected chi connectivity index (χ0v) is 21.0. The summed E-state index contributed by atoms with van der Waals surface area (Å²) in [5, 5.41) is 49.3. The molecule has 0 radical (unpaired) electrons. The van der Waals surface area contributed by atoms with Crippen LogP contribution in [0.1, 0.15) is 6.23 Å². The summed E-state index contributed by atoms with van der Waals surface area (Å²) in [6, 6.07) is 0. The first-order valence-corrected chi connectivity index (χ1v) is 13.7. The third-order valence-electron chi connectivity index (χ3n) is 5.58. The van der Waals surface area contributed by atoms with Crippen molar-refractivity contribution in [3.8, 4) is 0 Å². The summed E-state index contributed by atoms with van der Waals surface area (Å²) >= 11 is 0. The molecule has 2 aliphatic heterocycles. The van der Waals surface area contributed by atoms with Gasteiger partial charge in [0.2, 0.25) is 5.95 Å². The van der Waals surface area contributed by atoms with Gasteiger partial charge in [-0.1, -0.05) is 0 Å². The van der Waals surface area contributed by atoms with Crippen molar-refractivity contribution in [3.63, 3.8) is 0 Å². The molecule has 4 rings (SSSR count). The van der Waals surface area contributed by atoms with E-state index in [9.17, 15) is 48.9 Å². The number of carbonyl (C=O) groups is 1. The second-order valence-corrected chi connectivity index (χ2v) is 11.3. The zero-order valence-electron chi connectivity index (χ0n) is 19.2. The molecule has 10 N–H and O–H groups in total. The number of nitrogens with zero attached hydrogens (tertiary/aromatic N) is 3. The number of anilines is 1. The number of aromatic nitrogens is 4. The van der Waals surface area contributed by atoms with Crippen molar-refractivity contribution in [1.29, 1.82) is 0 Å². The van der Waals surface area contributed by atoms with E-state index in [1.54, 1.807) is 0 Å². The number of nitrogens with two attached hydrogens (primary N) is 1. The SMILES string of the molecule is Nc1nc2c(ncn2[C@@H]2O[C@H](COP(=O)(O)OP(=O)(O)O[C@H]3O[C@@H](CO)C(=O)[C@@H](O)[C@@H]3O)[C@@H](O)[C@H]2O)c(=O)[nH]1. The van der Waals surface area contributed by atoms with E-state index in [4.69, 9.17) is 20.3 Å². The van der Waals surface area contributed by atoms with Crippen LogP contribution in [0, 0.1) is 0 Å². The Bertz CT molecular complexity index is 1380. The lowest BCUT2D eigenvalue weighted by Gasteiger charge is -2.35. The van der Waals surface area contributed by atoms with Gasteiger partial charge in [0.25, 0.3) is 5.56 Å². The van der Waals surface area contributed by atoms with Crippen LogP contribution in [-0.2, 0) is 36.8 Å². The first-order valence-electron chi connectivity index (χ1n) is 10.7. The lowest BCUT2D eigenvalue weighted by molar-refractivity contribution is -0.233. The van der Waals surface area contributed by atoms with Crippen LogP contribution < -0.4 is 11.3 Å². The van der Waals surface area contributed by atoms with E-state index < -0.39 is 89.3 Å². The minimum Gasteiger partial charge on any atom is -0.393 e. The van der Waals surface area contributed by atoms with E-state index in [1.807, 2.05) is 0 Å². The number of fused-ring (bicyclic) bond motifs is 1. The first kappa shape index (κ1) is 29.8. The Morgan fingerprint density at radius 1 is 1.08 bits per heavy atom. The third-order valence-corrected chi connectivity index (χ3v) is 8.18. The number of hydrogen-bond acceptors (Lipinski definition) is 17. The van der Waals surface area contributed by atoms with Crippen molar-refractivity contribution in [2.45, 2.75) is 49.1 Å². The highest BCUT2D eigenvalue weighted by molar-refractivity contribution is 7.61. The van der Waals surface area contributed by atoms with Crippen LogP contribution in [0.2, 0.25) is 0 Å². The summed E-state index contributed by atoms with van der Waals surface area (Å²) in [4.78, 5) is 53.3. The summed E-state index contributed by atoms with van der Waals surface area (Å²) in [5.74, 6) is -1.43. The fraction of sp³-hybridized carbons (Fsp3) is 0.625. The second-order valence-electron chi connectivity index (χ2n) is 8.25. The van der Waals surface area contributed by atoms with E-state index in [1.165, 1.54) is 0 Å². The minimum atomic E-state index is -5.63. The molecule has 2 saturated heterocycles.